The molecule has 1 aliphatic heterocycles. The minimum atomic E-state index is 0.0450. The molecule has 0 radical (unpaired) electrons. The first-order chi connectivity index (χ1) is 11.6. The van der Waals surface area contributed by atoms with Gasteiger partial charge in [-0.15, -0.1) is 0 Å². The molecule has 1 atom stereocenters. The topological polar surface area (TPSA) is 46.3 Å². The normalized spacial score (nSPS) is 20.2. The minimum absolute atomic E-state index is 0.0450. The molecule has 1 aromatic heterocycles. The smallest absolute Gasteiger partial charge is 0.276 e. The molecule has 1 unspecified atom stereocenters. The number of benzene rings is 1. The predicted octanol–water partition coefficient (Wildman–Crippen LogP) is 4.15. The van der Waals surface area contributed by atoms with Crippen LogP contribution < -0.4 is 0 Å². The van der Waals surface area contributed by atoms with Crippen molar-refractivity contribution in [2.75, 3.05) is 6.54 Å². The van der Waals surface area contributed by atoms with E-state index in [4.69, 9.17) is 4.52 Å². The van der Waals surface area contributed by atoms with E-state index in [0.717, 1.165) is 56.4 Å². The Labute approximate surface area is 142 Å². The van der Waals surface area contributed by atoms with Crippen LogP contribution in [0.3, 0.4) is 0 Å². The third-order valence-electron chi connectivity index (χ3n) is 5.30. The summed E-state index contributed by atoms with van der Waals surface area (Å²) in [5.41, 5.74) is 5.36. The largest absolute Gasteiger partial charge is 0.360 e. The molecule has 1 aromatic carbocycles. The molecular weight excluding hydrogens is 300 g/mol. The first-order valence-corrected chi connectivity index (χ1v) is 9.00. The fourth-order valence-electron chi connectivity index (χ4n) is 4.25. The second-order valence-corrected chi connectivity index (χ2v) is 7.22. The summed E-state index contributed by atoms with van der Waals surface area (Å²) in [6, 6.07) is 6.76. The number of aromatic nitrogens is 1. The molecular formula is C20H24N2O2. The fourth-order valence-corrected chi connectivity index (χ4v) is 4.25. The van der Waals surface area contributed by atoms with E-state index in [1.807, 2.05) is 4.90 Å². The van der Waals surface area contributed by atoms with Crippen LogP contribution >= 0.6 is 0 Å². The van der Waals surface area contributed by atoms with Gasteiger partial charge in [-0.3, -0.25) is 4.79 Å². The van der Waals surface area contributed by atoms with Gasteiger partial charge in [0.1, 0.15) is 5.76 Å². The van der Waals surface area contributed by atoms with Gasteiger partial charge in [-0.1, -0.05) is 34.5 Å². The van der Waals surface area contributed by atoms with Gasteiger partial charge in [-0.2, -0.15) is 0 Å². The molecule has 0 spiro atoms. The second kappa shape index (κ2) is 6.08. The fraction of sp³-hybridized carbons (Fsp3) is 0.500. The van der Waals surface area contributed by atoms with Gasteiger partial charge in [0.2, 0.25) is 0 Å². The number of hydrogen-bond donors (Lipinski definition) is 0. The summed E-state index contributed by atoms with van der Waals surface area (Å²) >= 11 is 0. The molecule has 0 saturated carbocycles. The zero-order valence-electron chi connectivity index (χ0n) is 14.5. The predicted molar refractivity (Wildman–Crippen MR) is 92.1 cm³/mol. The van der Waals surface area contributed by atoms with Crippen LogP contribution in [0.15, 0.2) is 22.7 Å². The van der Waals surface area contributed by atoms with Gasteiger partial charge in [0.05, 0.1) is 6.04 Å². The number of amides is 1. The van der Waals surface area contributed by atoms with Crippen molar-refractivity contribution in [2.24, 2.45) is 0 Å². The summed E-state index contributed by atoms with van der Waals surface area (Å²) in [6.45, 7) is 5.04. The van der Waals surface area contributed by atoms with Crippen molar-refractivity contribution in [3.63, 3.8) is 0 Å². The van der Waals surface area contributed by atoms with Gasteiger partial charge in [0.25, 0.3) is 5.91 Å². The van der Waals surface area contributed by atoms with E-state index in [9.17, 15) is 4.79 Å². The van der Waals surface area contributed by atoms with Crippen molar-refractivity contribution in [3.8, 4) is 0 Å². The highest BCUT2D eigenvalue weighted by atomic mass is 16.5. The van der Waals surface area contributed by atoms with Crippen molar-refractivity contribution >= 4 is 5.91 Å². The lowest BCUT2D eigenvalue weighted by Gasteiger charge is -2.25. The molecule has 126 valence electrons. The quantitative estimate of drug-likeness (QED) is 0.834. The number of carbonyl (C=O) groups excluding carboxylic acids is 1. The molecule has 0 bridgehead atoms. The van der Waals surface area contributed by atoms with Gasteiger partial charge in [0, 0.05) is 18.5 Å². The maximum atomic E-state index is 13.1. The van der Waals surface area contributed by atoms with E-state index in [2.05, 4.69) is 37.2 Å². The Hall–Kier alpha value is -2.10. The molecule has 2 heterocycles. The summed E-state index contributed by atoms with van der Waals surface area (Å²) in [6.07, 6.45) is 6.15. The Balaban J connectivity index is 1.65. The highest BCUT2D eigenvalue weighted by molar-refractivity contribution is 5.94. The molecule has 2 aromatic rings. The molecule has 24 heavy (non-hydrogen) atoms. The first-order valence-electron chi connectivity index (χ1n) is 9.00. The van der Waals surface area contributed by atoms with E-state index >= 15 is 0 Å². The van der Waals surface area contributed by atoms with Crippen molar-refractivity contribution in [3.05, 3.63) is 51.9 Å². The molecule has 4 rings (SSSR count). The molecule has 0 N–H and O–H groups in total. The summed E-state index contributed by atoms with van der Waals surface area (Å²) in [5.74, 6) is 0.968. The summed E-state index contributed by atoms with van der Waals surface area (Å²) < 4.78 is 5.45. The average molecular weight is 324 g/mol. The van der Waals surface area contributed by atoms with Crippen LogP contribution in [0.1, 0.15) is 70.2 Å². The highest BCUT2D eigenvalue weighted by Crippen LogP contribution is 2.35. The van der Waals surface area contributed by atoms with Crippen LogP contribution in [0.4, 0.5) is 0 Å². The van der Waals surface area contributed by atoms with Crippen LogP contribution in [0.5, 0.6) is 0 Å². The van der Waals surface area contributed by atoms with Gasteiger partial charge in [0.15, 0.2) is 5.69 Å². The van der Waals surface area contributed by atoms with Crippen LogP contribution in [0.25, 0.3) is 0 Å². The summed E-state index contributed by atoms with van der Waals surface area (Å²) in [7, 11) is 0. The van der Waals surface area contributed by atoms with Crippen molar-refractivity contribution in [2.45, 2.75) is 58.4 Å². The Bertz CT molecular complexity index is 758. The van der Waals surface area contributed by atoms with E-state index in [1.54, 1.807) is 0 Å². The SMILES string of the molecule is Cc1cc(C)cc(C2CCCN2C(=O)c2noc3c2CCCC3)c1. The van der Waals surface area contributed by atoms with E-state index < -0.39 is 0 Å². The maximum Gasteiger partial charge on any atom is 0.276 e. The lowest BCUT2D eigenvalue weighted by Crippen LogP contribution is -2.31. The van der Waals surface area contributed by atoms with Gasteiger partial charge in [-0.05, 0) is 51.5 Å². The van der Waals surface area contributed by atoms with Gasteiger partial charge < -0.3 is 9.42 Å². The van der Waals surface area contributed by atoms with E-state index in [-0.39, 0.29) is 11.9 Å². The van der Waals surface area contributed by atoms with Crippen molar-refractivity contribution < 1.29 is 9.32 Å². The number of likely N-dealkylation sites (tertiary alicyclic amines) is 1. The highest BCUT2D eigenvalue weighted by Gasteiger charge is 2.34. The molecule has 2 aliphatic rings. The van der Waals surface area contributed by atoms with Crippen molar-refractivity contribution in [1.82, 2.24) is 10.1 Å². The zero-order chi connectivity index (χ0) is 16.7. The molecule has 4 heteroatoms. The molecule has 1 aliphatic carbocycles. The summed E-state index contributed by atoms with van der Waals surface area (Å²) in [4.78, 5) is 15.1. The van der Waals surface area contributed by atoms with Crippen LogP contribution in [-0.4, -0.2) is 22.5 Å². The van der Waals surface area contributed by atoms with Crippen LogP contribution in [-0.2, 0) is 12.8 Å². The van der Waals surface area contributed by atoms with Crippen LogP contribution in [0, 0.1) is 13.8 Å². The Morgan fingerprint density at radius 3 is 2.67 bits per heavy atom. The standard InChI is InChI=1S/C20H24N2O2/c1-13-10-14(2)12-15(11-13)17-7-5-9-22(17)20(23)19-16-6-3-4-8-18(16)24-21-19/h10-12,17H,3-9H2,1-2H3. The summed E-state index contributed by atoms with van der Waals surface area (Å²) in [5, 5.41) is 4.14. The van der Waals surface area contributed by atoms with Crippen LogP contribution in [0.2, 0.25) is 0 Å². The number of nitrogens with zero attached hydrogens (tertiary/aromatic N) is 2. The molecule has 4 nitrogen and oxygen atoms in total. The third kappa shape index (κ3) is 2.64. The Morgan fingerprint density at radius 1 is 1.12 bits per heavy atom. The minimum Gasteiger partial charge on any atom is -0.360 e. The Morgan fingerprint density at radius 2 is 1.88 bits per heavy atom. The third-order valence-corrected chi connectivity index (χ3v) is 5.30. The number of aryl methyl sites for hydroxylation is 3. The maximum absolute atomic E-state index is 13.1. The van der Waals surface area contributed by atoms with E-state index in [1.165, 1.54) is 16.7 Å². The molecule has 1 amide bonds. The van der Waals surface area contributed by atoms with Crippen molar-refractivity contribution in [1.29, 1.82) is 0 Å². The molecule has 1 fully saturated rings. The second-order valence-electron chi connectivity index (χ2n) is 7.22. The average Bonchev–Trinajstić information content (AvgIpc) is 3.20. The first kappa shape index (κ1) is 15.4. The number of hydrogen-bond acceptors (Lipinski definition) is 3. The lowest BCUT2D eigenvalue weighted by atomic mass is 9.95. The van der Waals surface area contributed by atoms with Gasteiger partial charge >= 0.3 is 0 Å². The Kier molecular flexibility index (Phi) is 3.91. The lowest BCUT2D eigenvalue weighted by molar-refractivity contribution is 0.0724. The van der Waals surface area contributed by atoms with E-state index in [0.29, 0.717) is 5.69 Å². The zero-order valence-corrected chi connectivity index (χ0v) is 14.5. The number of fused-ring (bicyclic) bond motifs is 1. The number of carbonyl (C=O) groups is 1. The molecule has 1 saturated heterocycles. The van der Waals surface area contributed by atoms with Gasteiger partial charge in [-0.25, -0.2) is 0 Å². The number of rotatable bonds is 2. The monoisotopic (exact) mass is 324 g/mol.